The van der Waals surface area contributed by atoms with Crippen molar-refractivity contribution < 1.29 is 10.2 Å². The molecule has 1 rings (SSSR count). The minimum atomic E-state index is -0.601. The summed E-state index contributed by atoms with van der Waals surface area (Å²) in [5.41, 5.74) is -0.190. The highest BCUT2D eigenvalue weighted by atomic mass is 32.2. The van der Waals surface area contributed by atoms with Crippen molar-refractivity contribution in [3.05, 3.63) is 0 Å². The highest BCUT2D eigenvalue weighted by Gasteiger charge is 2.37. The van der Waals surface area contributed by atoms with Crippen LogP contribution >= 0.6 is 23.5 Å². The molecule has 78 valence electrons. The quantitative estimate of drug-likeness (QED) is 0.760. The maximum Gasteiger partial charge on any atom is 0.0840 e. The second-order valence-corrected chi connectivity index (χ2v) is 6.67. The van der Waals surface area contributed by atoms with Gasteiger partial charge < -0.3 is 10.2 Å². The van der Waals surface area contributed by atoms with E-state index >= 15 is 0 Å². The molecule has 1 fully saturated rings. The normalized spacial score (nSPS) is 23.1. The van der Waals surface area contributed by atoms with E-state index in [1.807, 2.05) is 37.4 Å². The van der Waals surface area contributed by atoms with Crippen molar-refractivity contribution >= 4 is 23.5 Å². The van der Waals surface area contributed by atoms with Gasteiger partial charge in [0.05, 0.1) is 17.3 Å². The van der Waals surface area contributed by atoms with Gasteiger partial charge in [-0.3, -0.25) is 0 Å². The molecule has 1 atom stereocenters. The smallest absolute Gasteiger partial charge is 0.0840 e. The topological polar surface area (TPSA) is 40.5 Å². The third kappa shape index (κ3) is 2.78. The molecular weight excluding hydrogens is 204 g/mol. The molecule has 4 heteroatoms. The van der Waals surface area contributed by atoms with Crippen molar-refractivity contribution in [3.63, 3.8) is 0 Å². The SMILES string of the molecule is CC(C)(C(O)CO)C1SCCCS1. The molecule has 0 aliphatic carbocycles. The number of hydrogen-bond acceptors (Lipinski definition) is 4. The van der Waals surface area contributed by atoms with Gasteiger partial charge in [0.2, 0.25) is 0 Å². The molecule has 0 aromatic rings. The third-order valence-electron chi connectivity index (χ3n) is 2.47. The van der Waals surface area contributed by atoms with Crippen LogP contribution in [-0.2, 0) is 0 Å². The van der Waals surface area contributed by atoms with Gasteiger partial charge in [0.1, 0.15) is 0 Å². The molecule has 13 heavy (non-hydrogen) atoms. The second kappa shape index (κ2) is 4.91. The molecule has 0 aromatic carbocycles. The summed E-state index contributed by atoms with van der Waals surface area (Å²) in [6.45, 7) is 3.93. The molecule has 2 N–H and O–H groups in total. The zero-order valence-electron chi connectivity index (χ0n) is 8.19. The molecule has 0 amide bonds. The van der Waals surface area contributed by atoms with E-state index in [0.717, 1.165) is 0 Å². The Bertz CT molecular complexity index is 156. The number of hydrogen-bond donors (Lipinski definition) is 2. The standard InChI is InChI=1S/C9H18O2S2/c1-9(2,7(11)6-10)8-12-4-3-5-13-8/h7-8,10-11H,3-6H2,1-2H3. The second-order valence-electron chi connectivity index (χ2n) is 3.95. The van der Waals surface area contributed by atoms with Crippen molar-refractivity contribution in [3.8, 4) is 0 Å². The van der Waals surface area contributed by atoms with E-state index in [0.29, 0.717) is 4.58 Å². The predicted molar refractivity (Wildman–Crippen MR) is 60.2 cm³/mol. The van der Waals surface area contributed by atoms with Crippen LogP contribution in [0.25, 0.3) is 0 Å². The molecule has 0 spiro atoms. The van der Waals surface area contributed by atoms with E-state index in [-0.39, 0.29) is 12.0 Å². The summed E-state index contributed by atoms with van der Waals surface area (Å²) in [5.74, 6) is 2.36. The van der Waals surface area contributed by atoms with Crippen LogP contribution in [0.15, 0.2) is 0 Å². The Balaban J connectivity index is 2.55. The van der Waals surface area contributed by atoms with E-state index in [4.69, 9.17) is 5.11 Å². The van der Waals surface area contributed by atoms with Crippen LogP contribution < -0.4 is 0 Å². The molecular formula is C9H18O2S2. The lowest BCUT2D eigenvalue weighted by molar-refractivity contribution is 0.0120. The lowest BCUT2D eigenvalue weighted by atomic mass is 9.89. The van der Waals surface area contributed by atoms with Crippen LogP contribution in [0.4, 0.5) is 0 Å². The Morgan fingerprint density at radius 2 is 1.92 bits per heavy atom. The van der Waals surface area contributed by atoms with Crippen LogP contribution in [0, 0.1) is 5.41 Å². The van der Waals surface area contributed by atoms with Crippen LogP contribution in [-0.4, -0.2) is 39.0 Å². The van der Waals surface area contributed by atoms with Gasteiger partial charge in [0.15, 0.2) is 0 Å². The van der Waals surface area contributed by atoms with Gasteiger partial charge in [-0.05, 0) is 17.9 Å². The predicted octanol–water partition coefficient (Wildman–Crippen LogP) is 1.56. The largest absolute Gasteiger partial charge is 0.394 e. The first-order chi connectivity index (χ1) is 6.09. The Hall–Kier alpha value is 0.620. The minimum absolute atomic E-state index is 0.134. The third-order valence-corrected chi connectivity index (χ3v) is 6.15. The van der Waals surface area contributed by atoms with Gasteiger partial charge in [0, 0.05) is 5.41 Å². The summed E-state index contributed by atoms with van der Waals surface area (Å²) in [4.78, 5) is 0. The summed E-state index contributed by atoms with van der Waals surface area (Å²) in [6.07, 6.45) is 0.660. The number of thioether (sulfide) groups is 2. The molecule has 1 aliphatic rings. The zero-order chi connectivity index (χ0) is 9.90. The van der Waals surface area contributed by atoms with Crippen LogP contribution in [0.1, 0.15) is 20.3 Å². The zero-order valence-corrected chi connectivity index (χ0v) is 9.83. The number of rotatable bonds is 3. The fourth-order valence-corrected chi connectivity index (χ4v) is 4.68. The minimum Gasteiger partial charge on any atom is -0.394 e. The van der Waals surface area contributed by atoms with Crippen molar-refractivity contribution in [1.82, 2.24) is 0 Å². The first-order valence-electron chi connectivity index (χ1n) is 4.61. The Morgan fingerprint density at radius 1 is 1.38 bits per heavy atom. The first kappa shape index (κ1) is 11.7. The fourth-order valence-electron chi connectivity index (χ4n) is 1.31. The lowest BCUT2D eigenvalue weighted by Crippen LogP contribution is -2.40. The van der Waals surface area contributed by atoms with Gasteiger partial charge >= 0.3 is 0 Å². The van der Waals surface area contributed by atoms with Gasteiger partial charge in [-0.25, -0.2) is 0 Å². The molecule has 0 saturated carbocycles. The van der Waals surface area contributed by atoms with Crippen molar-refractivity contribution in [2.24, 2.45) is 5.41 Å². The number of aliphatic hydroxyl groups excluding tert-OH is 2. The van der Waals surface area contributed by atoms with E-state index in [1.165, 1.54) is 17.9 Å². The maximum atomic E-state index is 9.66. The summed E-state index contributed by atoms with van der Waals surface area (Å²) in [6, 6.07) is 0. The van der Waals surface area contributed by atoms with Gasteiger partial charge in [-0.1, -0.05) is 13.8 Å². The molecule has 1 unspecified atom stereocenters. The lowest BCUT2D eigenvalue weighted by Gasteiger charge is -2.38. The van der Waals surface area contributed by atoms with Crippen LogP contribution in [0.2, 0.25) is 0 Å². The monoisotopic (exact) mass is 222 g/mol. The Labute approximate surface area is 88.5 Å². The molecule has 0 radical (unpaired) electrons. The summed E-state index contributed by atoms with van der Waals surface area (Å²) in [5, 5.41) is 18.6. The van der Waals surface area contributed by atoms with E-state index in [9.17, 15) is 5.11 Å². The molecule has 1 aliphatic heterocycles. The van der Waals surface area contributed by atoms with Crippen molar-refractivity contribution in [2.75, 3.05) is 18.1 Å². The van der Waals surface area contributed by atoms with Gasteiger partial charge in [-0.15, -0.1) is 23.5 Å². The van der Waals surface area contributed by atoms with E-state index < -0.39 is 6.10 Å². The molecule has 1 heterocycles. The highest BCUT2D eigenvalue weighted by molar-refractivity contribution is 8.17. The summed E-state index contributed by atoms with van der Waals surface area (Å²) in [7, 11) is 0. The molecule has 0 aromatic heterocycles. The van der Waals surface area contributed by atoms with Crippen LogP contribution in [0.5, 0.6) is 0 Å². The van der Waals surface area contributed by atoms with E-state index in [1.54, 1.807) is 0 Å². The van der Waals surface area contributed by atoms with Gasteiger partial charge in [-0.2, -0.15) is 0 Å². The Morgan fingerprint density at radius 3 is 2.38 bits per heavy atom. The van der Waals surface area contributed by atoms with Gasteiger partial charge in [0.25, 0.3) is 0 Å². The van der Waals surface area contributed by atoms with Crippen LogP contribution in [0.3, 0.4) is 0 Å². The van der Waals surface area contributed by atoms with E-state index in [2.05, 4.69) is 0 Å². The highest BCUT2D eigenvalue weighted by Crippen LogP contribution is 2.44. The number of aliphatic hydroxyl groups is 2. The first-order valence-corrected chi connectivity index (χ1v) is 6.71. The van der Waals surface area contributed by atoms with Crippen molar-refractivity contribution in [2.45, 2.75) is 31.0 Å². The average Bonchev–Trinajstić information content (AvgIpc) is 2.18. The van der Waals surface area contributed by atoms with Crippen molar-refractivity contribution in [1.29, 1.82) is 0 Å². The fraction of sp³-hybridized carbons (Fsp3) is 1.00. The Kier molecular flexibility index (Phi) is 4.42. The molecule has 0 bridgehead atoms. The maximum absolute atomic E-state index is 9.66. The average molecular weight is 222 g/mol. The summed E-state index contributed by atoms with van der Waals surface area (Å²) >= 11 is 3.81. The molecule has 2 nitrogen and oxygen atoms in total. The summed E-state index contributed by atoms with van der Waals surface area (Å²) < 4.78 is 0.420. The molecule has 1 saturated heterocycles.